The molecular formula is C26H30NP. The van der Waals surface area contributed by atoms with Crippen molar-refractivity contribution in [2.45, 2.75) is 26.3 Å². The highest BCUT2D eigenvalue weighted by Gasteiger charge is 2.16. The van der Waals surface area contributed by atoms with Gasteiger partial charge in [-0.2, -0.15) is 0 Å². The smallest absolute Gasteiger partial charge is 0.0339 e. The number of allylic oxidation sites excluding steroid dienone is 1. The molecule has 0 N–H and O–H groups in total. The molecule has 0 aliphatic rings. The van der Waals surface area contributed by atoms with E-state index < -0.39 is 7.92 Å². The zero-order valence-corrected chi connectivity index (χ0v) is 18.2. The van der Waals surface area contributed by atoms with Gasteiger partial charge in [0, 0.05) is 6.04 Å². The largest absolute Gasteiger partial charge is 0.302 e. The van der Waals surface area contributed by atoms with Crippen molar-refractivity contribution in [1.29, 1.82) is 0 Å². The monoisotopic (exact) mass is 387 g/mol. The third kappa shape index (κ3) is 4.98. The molecule has 0 spiro atoms. The third-order valence-corrected chi connectivity index (χ3v) is 7.53. The van der Waals surface area contributed by atoms with Crippen LogP contribution < -0.4 is 10.6 Å². The van der Waals surface area contributed by atoms with E-state index in [2.05, 4.69) is 124 Å². The molecule has 3 aromatic rings. The van der Waals surface area contributed by atoms with E-state index >= 15 is 0 Å². The van der Waals surface area contributed by atoms with Crippen molar-refractivity contribution in [2.24, 2.45) is 0 Å². The molecule has 0 bridgehead atoms. The highest BCUT2D eigenvalue weighted by Crippen LogP contribution is 2.43. The Bertz CT molecular complexity index is 860. The number of benzene rings is 3. The summed E-state index contributed by atoms with van der Waals surface area (Å²) in [6.45, 7) is 4.53. The maximum Gasteiger partial charge on any atom is 0.0339 e. The lowest BCUT2D eigenvalue weighted by molar-refractivity contribution is 0.292. The number of hydrogen-bond donors (Lipinski definition) is 0. The molecule has 0 heterocycles. The minimum Gasteiger partial charge on any atom is -0.302 e. The summed E-state index contributed by atoms with van der Waals surface area (Å²) in [4.78, 5) is 2.30. The van der Waals surface area contributed by atoms with Crippen LogP contribution in [0.5, 0.6) is 0 Å². The standard InChI is InChI=1S/C26H30NP/c1-5-26(27(3)4)23-14-12-13-22(20-23)19-21(2)28(24-15-8-6-9-16-24)25-17-10-7-11-18-25/h6-20,26H,5H2,1-4H3/b21-19+/t26-/m0/s1. The van der Waals surface area contributed by atoms with Crippen molar-refractivity contribution < 1.29 is 0 Å². The van der Waals surface area contributed by atoms with Crippen LogP contribution in [0.15, 0.2) is 90.2 Å². The Balaban J connectivity index is 2.00. The Hall–Kier alpha value is -2.21. The molecule has 3 rings (SSSR count). The molecule has 0 fully saturated rings. The molecule has 0 radical (unpaired) electrons. The van der Waals surface area contributed by atoms with Crippen LogP contribution in [0.4, 0.5) is 0 Å². The molecule has 1 atom stereocenters. The fourth-order valence-electron chi connectivity index (χ4n) is 3.77. The van der Waals surface area contributed by atoms with Gasteiger partial charge in [-0.25, -0.2) is 0 Å². The van der Waals surface area contributed by atoms with E-state index in [1.807, 2.05) is 0 Å². The van der Waals surface area contributed by atoms with Gasteiger partial charge < -0.3 is 4.90 Å². The number of hydrogen-bond acceptors (Lipinski definition) is 1. The van der Waals surface area contributed by atoms with E-state index in [0.717, 1.165) is 6.42 Å². The van der Waals surface area contributed by atoms with Gasteiger partial charge in [0.25, 0.3) is 0 Å². The fourth-order valence-corrected chi connectivity index (χ4v) is 6.10. The summed E-state index contributed by atoms with van der Waals surface area (Å²) >= 11 is 0. The van der Waals surface area contributed by atoms with Crippen LogP contribution in [0.25, 0.3) is 6.08 Å². The summed E-state index contributed by atoms with van der Waals surface area (Å²) in [5, 5.41) is 4.21. The summed E-state index contributed by atoms with van der Waals surface area (Å²) in [6, 6.07) is 31.2. The maximum atomic E-state index is 2.37. The van der Waals surface area contributed by atoms with Crippen molar-refractivity contribution in [2.75, 3.05) is 14.1 Å². The predicted octanol–water partition coefficient (Wildman–Crippen LogP) is 6.19. The highest BCUT2D eigenvalue weighted by molar-refractivity contribution is 7.76. The summed E-state index contributed by atoms with van der Waals surface area (Å²) in [5.41, 5.74) is 2.67. The molecule has 0 amide bonds. The van der Waals surface area contributed by atoms with E-state index in [1.54, 1.807) is 0 Å². The molecule has 0 saturated heterocycles. The Morgan fingerprint density at radius 2 is 1.43 bits per heavy atom. The normalized spacial score (nSPS) is 13.1. The molecule has 0 aliphatic carbocycles. The van der Waals surface area contributed by atoms with Crippen molar-refractivity contribution in [3.05, 3.63) is 101 Å². The molecule has 144 valence electrons. The Labute approximate surface area is 171 Å². The quantitative estimate of drug-likeness (QED) is 0.437. The lowest BCUT2D eigenvalue weighted by Crippen LogP contribution is -2.19. The number of nitrogens with zero attached hydrogens (tertiary/aromatic N) is 1. The van der Waals surface area contributed by atoms with Gasteiger partial charge in [0.2, 0.25) is 0 Å². The zero-order chi connectivity index (χ0) is 19.9. The summed E-state index contributed by atoms with van der Waals surface area (Å²) < 4.78 is 0. The first-order valence-corrected chi connectivity index (χ1v) is 11.3. The molecule has 28 heavy (non-hydrogen) atoms. The second-order valence-electron chi connectivity index (χ2n) is 7.35. The predicted molar refractivity (Wildman–Crippen MR) is 126 cm³/mol. The van der Waals surface area contributed by atoms with Crippen LogP contribution in [-0.2, 0) is 0 Å². The van der Waals surface area contributed by atoms with Crippen molar-refractivity contribution in [1.82, 2.24) is 4.90 Å². The fraction of sp³-hybridized carbons (Fsp3) is 0.231. The lowest BCUT2D eigenvalue weighted by atomic mass is 10.0. The SMILES string of the molecule is CC[C@@H](c1cccc(/C=C(\C)P(c2ccccc2)c2ccccc2)c1)N(C)C. The van der Waals surface area contributed by atoms with Gasteiger partial charge in [0.15, 0.2) is 0 Å². The van der Waals surface area contributed by atoms with Gasteiger partial charge in [0.05, 0.1) is 0 Å². The molecule has 0 saturated carbocycles. The Kier molecular flexibility index (Phi) is 7.20. The van der Waals surface area contributed by atoms with Crippen LogP contribution in [0.2, 0.25) is 0 Å². The van der Waals surface area contributed by atoms with Crippen molar-refractivity contribution in [3.8, 4) is 0 Å². The van der Waals surface area contributed by atoms with Gasteiger partial charge in [-0.15, -0.1) is 0 Å². The molecular weight excluding hydrogens is 357 g/mol. The molecule has 0 unspecified atom stereocenters. The first-order chi connectivity index (χ1) is 13.6. The lowest BCUT2D eigenvalue weighted by Gasteiger charge is -2.24. The van der Waals surface area contributed by atoms with Gasteiger partial charge in [0.1, 0.15) is 0 Å². The highest BCUT2D eigenvalue weighted by atomic mass is 31.1. The maximum absolute atomic E-state index is 2.37. The Morgan fingerprint density at radius 1 is 0.857 bits per heavy atom. The van der Waals surface area contributed by atoms with Crippen LogP contribution >= 0.6 is 7.92 Å². The van der Waals surface area contributed by atoms with Gasteiger partial charge >= 0.3 is 0 Å². The van der Waals surface area contributed by atoms with Crippen LogP contribution in [0.3, 0.4) is 0 Å². The second-order valence-corrected chi connectivity index (χ2v) is 9.76. The first kappa shape index (κ1) is 20.5. The topological polar surface area (TPSA) is 3.24 Å². The van der Waals surface area contributed by atoms with Gasteiger partial charge in [-0.05, 0) is 62.4 Å². The molecule has 1 nitrogen and oxygen atoms in total. The summed E-state index contributed by atoms with van der Waals surface area (Å²) in [7, 11) is 3.79. The summed E-state index contributed by atoms with van der Waals surface area (Å²) in [6.07, 6.45) is 3.48. The van der Waals surface area contributed by atoms with Crippen LogP contribution in [0.1, 0.15) is 37.4 Å². The van der Waals surface area contributed by atoms with Gasteiger partial charge in [-0.3, -0.25) is 0 Å². The van der Waals surface area contributed by atoms with Crippen molar-refractivity contribution in [3.63, 3.8) is 0 Å². The third-order valence-electron chi connectivity index (χ3n) is 5.06. The Morgan fingerprint density at radius 3 is 1.93 bits per heavy atom. The molecule has 0 aromatic heterocycles. The number of rotatable bonds is 7. The zero-order valence-electron chi connectivity index (χ0n) is 17.3. The van der Waals surface area contributed by atoms with Crippen molar-refractivity contribution >= 4 is 24.6 Å². The van der Waals surface area contributed by atoms with E-state index in [0.29, 0.717) is 6.04 Å². The van der Waals surface area contributed by atoms with Crippen LogP contribution in [0, 0.1) is 0 Å². The van der Waals surface area contributed by atoms with E-state index in [-0.39, 0.29) is 0 Å². The minimum absolute atomic E-state index is 0.457. The first-order valence-electron chi connectivity index (χ1n) is 9.95. The molecule has 0 aliphatic heterocycles. The summed E-state index contributed by atoms with van der Waals surface area (Å²) in [5.74, 6) is 0. The van der Waals surface area contributed by atoms with E-state index in [1.165, 1.54) is 27.1 Å². The molecule has 2 heteroatoms. The minimum atomic E-state index is -0.526. The molecule has 3 aromatic carbocycles. The second kappa shape index (κ2) is 9.82. The van der Waals surface area contributed by atoms with Gasteiger partial charge in [-0.1, -0.05) is 97.9 Å². The average molecular weight is 388 g/mol. The van der Waals surface area contributed by atoms with E-state index in [9.17, 15) is 0 Å². The van der Waals surface area contributed by atoms with E-state index in [4.69, 9.17) is 0 Å². The van der Waals surface area contributed by atoms with Crippen LogP contribution in [-0.4, -0.2) is 19.0 Å². The average Bonchev–Trinajstić information content (AvgIpc) is 2.70.